The normalized spacial score (nSPS) is 19.4. The zero-order chi connectivity index (χ0) is 15.7. The summed E-state index contributed by atoms with van der Waals surface area (Å²) in [6.45, 7) is 4.33. The molecule has 2 aromatic rings. The number of ether oxygens (including phenoxy) is 1. The highest BCUT2D eigenvalue weighted by Crippen LogP contribution is 2.46. The Morgan fingerprint density at radius 2 is 1.77 bits per heavy atom. The van der Waals surface area contributed by atoms with Gasteiger partial charge in [-0.15, -0.1) is 0 Å². The second-order valence-corrected chi connectivity index (χ2v) is 6.38. The van der Waals surface area contributed by atoms with E-state index < -0.39 is 0 Å². The number of fused-ring (bicyclic) bond motifs is 1. The smallest absolute Gasteiger partial charge is 0.155 e. The van der Waals surface area contributed by atoms with Gasteiger partial charge in [-0.05, 0) is 31.0 Å². The molecule has 0 saturated heterocycles. The highest BCUT2D eigenvalue weighted by Gasteiger charge is 2.39. The lowest BCUT2D eigenvalue weighted by Crippen LogP contribution is -2.37. The average Bonchev–Trinajstić information content (AvgIpc) is 2.56. The quantitative estimate of drug-likeness (QED) is 0.726. The van der Waals surface area contributed by atoms with Crippen molar-refractivity contribution in [3.63, 3.8) is 0 Å². The number of anilines is 1. The van der Waals surface area contributed by atoms with E-state index in [1.165, 1.54) is 5.56 Å². The van der Waals surface area contributed by atoms with Crippen LogP contribution in [0.15, 0.2) is 42.5 Å². The molecule has 4 heteroatoms. The van der Waals surface area contributed by atoms with Crippen LogP contribution in [0.5, 0.6) is 0 Å². The van der Waals surface area contributed by atoms with E-state index in [9.17, 15) is 0 Å². The second kappa shape index (κ2) is 6.11. The molecule has 22 heavy (non-hydrogen) atoms. The Kier molecular flexibility index (Phi) is 4.35. The average molecular weight is 336 g/mol. The Labute approximate surface area is 141 Å². The van der Waals surface area contributed by atoms with E-state index in [4.69, 9.17) is 27.9 Å². The standard InChI is InChI=1S/C18H19Cl2NO/c1-3-18(4-2)13-7-5-6-8-16(13)21-17(22-18)12-9-10-14(19)15(20)11-12/h5-11,17,21H,3-4H2,1-2H3/t17-/m0/s1. The zero-order valence-corrected chi connectivity index (χ0v) is 14.2. The topological polar surface area (TPSA) is 21.3 Å². The van der Waals surface area contributed by atoms with Gasteiger partial charge in [0.05, 0.1) is 15.6 Å². The molecule has 1 heterocycles. The summed E-state index contributed by atoms with van der Waals surface area (Å²) in [4.78, 5) is 0. The van der Waals surface area contributed by atoms with Crippen LogP contribution in [-0.4, -0.2) is 0 Å². The predicted molar refractivity (Wildman–Crippen MR) is 92.6 cm³/mol. The van der Waals surface area contributed by atoms with Gasteiger partial charge < -0.3 is 10.1 Å². The summed E-state index contributed by atoms with van der Waals surface area (Å²) in [5.74, 6) is 0. The summed E-state index contributed by atoms with van der Waals surface area (Å²) in [7, 11) is 0. The molecular formula is C18H19Cl2NO. The number of halogens is 2. The van der Waals surface area contributed by atoms with E-state index in [0.717, 1.165) is 24.1 Å². The minimum atomic E-state index is -0.279. The van der Waals surface area contributed by atoms with Crippen molar-refractivity contribution in [3.05, 3.63) is 63.6 Å². The summed E-state index contributed by atoms with van der Waals surface area (Å²) in [5.41, 5.74) is 3.04. The fourth-order valence-corrected chi connectivity index (χ4v) is 3.40. The maximum atomic E-state index is 6.47. The van der Waals surface area contributed by atoms with Crippen molar-refractivity contribution < 1.29 is 4.74 Å². The summed E-state index contributed by atoms with van der Waals surface area (Å²) >= 11 is 12.2. The van der Waals surface area contributed by atoms with E-state index in [0.29, 0.717) is 10.0 Å². The Balaban J connectivity index is 2.04. The van der Waals surface area contributed by atoms with E-state index in [1.54, 1.807) is 0 Å². The third kappa shape index (κ3) is 2.60. The molecule has 0 aliphatic carbocycles. The molecule has 0 aromatic heterocycles. The summed E-state index contributed by atoms with van der Waals surface area (Å²) in [5, 5.41) is 4.56. The number of hydrogen-bond acceptors (Lipinski definition) is 2. The van der Waals surface area contributed by atoms with Crippen LogP contribution in [0.4, 0.5) is 5.69 Å². The zero-order valence-electron chi connectivity index (χ0n) is 12.7. The first-order valence-electron chi connectivity index (χ1n) is 7.58. The lowest BCUT2D eigenvalue weighted by molar-refractivity contribution is -0.103. The van der Waals surface area contributed by atoms with E-state index >= 15 is 0 Å². The molecule has 0 spiro atoms. The fourth-order valence-electron chi connectivity index (χ4n) is 3.09. The molecule has 1 aliphatic rings. The van der Waals surface area contributed by atoms with Crippen molar-refractivity contribution in [1.82, 2.24) is 0 Å². The number of nitrogens with one attached hydrogen (secondary N) is 1. The Morgan fingerprint density at radius 3 is 2.45 bits per heavy atom. The van der Waals surface area contributed by atoms with Crippen LogP contribution in [0.2, 0.25) is 10.0 Å². The van der Waals surface area contributed by atoms with Gasteiger partial charge in [0.15, 0.2) is 6.23 Å². The highest BCUT2D eigenvalue weighted by molar-refractivity contribution is 6.42. The minimum absolute atomic E-state index is 0.232. The third-order valence-corrected chi connectivity index (χ3v) is 5.18. The second-order valence-electron chi connectivity index (χ2n) is 5.56. The van der Waals surface area contributed by atoms with Gasteiger partial charge in [-0.1, -0.05) is 61.3 Å². The van der Waals surface area contributed by atoms with Crippen molar-refractivity contribution in [2.45, 2.75) is 38.5 Å². The molecule has 2 nitrogen and oxygen atoms in total. The Morgan fingerprint density at radius 1 is 1.05 bits per heavy atom. The van der Waals surface area contributed by atoms with E-state index in [-0.39, 0.29) is 11.8 Å². The van der Waals surface area contributed by atoms with Crippen molar-refractivity contribution in [2.75, 3.05) is 5.32 Å². The summed E-state index contributed by atoms with van der Waals surface area (Å²) < 4.78 is 6.47. The number of benzene rings is 2. The van der Waals surface area contributed by atoms with Gasteiger partial charge in [-0.2, -0.15) is 0 Å². The molecular weight excluding hydrogens is 317 g/mol. The fraction of sp³-hybridized carbons (Fsp3) is 0.333. The number of rotatable bonds is 3. The molecule has 2 aromatic carbocycles. The van der Waals surface area contributed by atoms with Crippen LogP contribution in [0.1, 0.15) is 44.0 Å². The molecule has 3 rings (SSSR count). The van der Waals surface area contributed by atoms with Crippen molar-refractivity contribution in [2.24, 2.45) is 0 Å². The van der Waals surface area contributed by atoms with E-state index in [1.807, 2.05) is 24.3 Å². The predicted octanol–water partition coefficient (Wildman–Crippen LogP) is 6.15. The Hall–Kier alpha value is -1.22. The third-order valence-electron chi connectivity index (χ3n) is 4.44. The highest BCUT2D eigenvalue weighted by atomic mass is 35.5. The first-order valence-corrected chi connectivity index (χ1v) is 8.34. The summed E-state index contributed by atoms with van der Waals surface area (Å²) in [6, 6.07) is 14.0. The van der Waals surface area contributed by atoms with Crippen LogP contribution in [0.25, 0.3) is 0 Å². The van der Waals surface area contributed by atoms with Gasteiger partial charge in [0.1, 0.15) is 0 Å². The van der Waals surface area contributed by atoms with Gasteiger partial charge in [-0.25, -0.2) is 0 Å². The summed E-state index contributed by atoms with van der Waals surface area (Å²) in [6.07, 6.45) is 1.60. The number of hydrogen-bond donors (Lipinski definition) is 1. The van der Waals surface area contributed by atoms with Crippen molar-refractivity contribution in [1.29, 1.82) is 0 Å². The maximum Gasteiger partial charge on any atom is 0.155 e. The Bertz CT molecular complexity index is 683. The van der Waals surface area contributed by atoms with Crippen LogP contribution >= 0.6 is 23.2 Å². The largest absolute Gasteiger partial charge is 0.356 e. The molecule has 0 saturated carbocycles. The molecule has 116 valence electrons. The van der Waals surface area contributed by atoms with Crippen molar-refractivity contribution in [3.8, 4) is 0 Å². The molecule has 0 fully saturated rings. The monoisotopic (exact) mass is 335 g/mol. The van der Waals surface area contributed by atoms with Crippen LogP contribution in [-0.2, 0) is 10.3 Å². The van der Waals surface area contributed by atoms with Gasteiger partial charge in [0.2, 0.25) is 0 Å². The minimum Gasteiger partial charge on any atom is -0.356 e. The van der Waals surface area contributed by atoms with Gasteiger partial charge >= 0.3 is 0 Å². The molecule has 1 atom stereocenters. The molecule has 0 radical (unpaired) electrons. The van der Waals surface area contributed by atoms with Crippen LogP contribution in [0.3, 0.4) is 0 Å². The molecule has 1 N–H and O–H groups in total. The lowest BCUT2D eigenvalue weighted by Gasteiger charge is -2.43. The van der Waals surface area contributed by atoms with Gasteiger partial charge in [-0.3, -0.25) is 0 Å². The van der Waals surface area contributed by atoms with Crippen LogP contribution < -0.4 is 5.32 Å². The van der Waals surface area contributed by atoms with Gasteiger partial charge in [0, 0.05) is 16.8 Å². The first-order chi connectivity index (χ1) is 10.6. The molecule has 0 bridgehead atoms. The molecule has 0 amide bonds. The first kappa shape index (κ1) is 15.7. The lowest BCUT2D eigenvalue weighted by atomic mass is 9.85. The van der Waals surface area contributed by atoms with E-state index in [2.05, 4.69) is 37.4 Å². The maximum absolute atomic E-state index is 6.47. The number of para-hydroxylation sites is 1. The molecule has 0 unspecified atom stereocenters. The SMILES string of the molecule is CCC1(CC)O[C@@H](c2ccc(Cl)c(Cl)c2)Nc2ccccc21. The van der Waals surface area contributed by atoms with Crippen LogP contribution in [0, 0.1) is 0 Å². The van der Waals surface area contributed by atoms with Gasteiger partial charge in [0.25, 0.3) is 0 Å². The van der Waals surface area contributed by atoms with Crippen molar-refractivity contribution >= 4 is 28.9 Å². The molecule has 1 aliphatic heterocycles.